The van der Waals surface area contributed by atoms with Gasteiger partial charge in [-0.25, -0.2) is 4.39 Å². The predicted octanol–water partition coefficient (Wildman–Crippen LogP) is 3.78. The highest BCUT2D eigenvalue weighted by Gasteiger charge is 2.18. The second kappa shape index (κ2) is 6.59. The normalized spacial score (nSPS) is 10.4. The highest BCUT2D eigenvalue weighted by Crippen LogP contribution is 2.23. The molecule has 0 saturated heterocycles. The third kappa shape index (κ3) is 3.52. The van der Waals surface area contributed by atoms with E-state index in [1.807, 2.05) is 6.92 Å². The number of anilines is 1. The summed E-state index contributed by atoms with van der Waals surface area (Å²) in [5.74, 6) is -0.708. The zero-order valence-electron chi connectivity index (χ0n) is 11.5. The maximum Gasteiger partial charge on any atom is 0.231 e. The van der Waals surface area contributed by atoms with Crippen molar-refractivity contribution in [1.82, 2.24) is 0 Å². The van der Waals surface area contributed by atoms with Crippen molar-refractivity contribution in [2.45, 2.75) is 13.3 Å². The molecule has 0 heterocycles. The highest BCUT2D eigenvalue weighted by atomic mass is 35.5. The van der Waals surface area contributed by atoms with Crippen molar-refractivity contribution in [2.75, 3.05) is 11.4 Å². The van der Waals surface area contributed by atoms with Gasteiger partial charge in [0, 0.05) is 28.9 Å². The molecule has 5 heteroatoms. The van der Waals surface area contributed by atoms with Crippen molar-refractivity contribution in [1.29, 1.82) is 0 Å². The summed E-state index contributed by atoms with van der Waals surface area (Å²) in [5, 5.41) is 9.73. The van der Waals surface area contributed by atoms with Crippen LogP contribution in [0.2, 0.25) is 5.02 Å². The standard InChI is InChI=1S/C16H15ClFNO2/c1-2-19(11-5-3-6-12(20)9-11)16(21)10-13-14(17)7-4-8-15(13)18/h3-9,20H,2,10H2,1H3. The van der Waals surface area contributed by atoms with Crippen molar-refractivity contribution >= 4 is 23.2 Å². The minimum Gasteiger partial charge on any atom is -0.508 e. The number of halogens is 2. The van der Waals surface area contributed by atoms with Crippen LogP contribution in [-0.2, 0) is 11.2 Å². The Kier molecular flexibility index (Phi) is 4.81. The van der Waals surface area contributed by atoms with E-state index in [-0.39, 0.29) is 28.7 Å². The Morgan fingerprint density at radius 3 is 2.62 bits per heavy atom. The van der Waals surface area contributed by atoms with Crippen LogP contribution in [0.25, 0.3) is 0 Å². The van der Waals surface area contributed by atoms with Gasteiger partial charge in [0.2, 0.25) is 5.91 Å². The molecule has 0 aromatic heterocycles. The number of benzene rings is 2. The van der Waals surface area contributed by atoms with Crippen LogP contribution in [0.4, 0.5) is 10.1 Å². The van der Waals surface area contributed by atoms with Crippen LogP contribution in [0.1, 0.15) is 12.5 Å². The van der Waals surface area contributed by atoms with Crippen LogP contribution < -0.4 is 4.90 Å². The second-order valence-electron chi connectivity index (χ2n) is 4.53. The Morgan fingerprint density at radius 1 is 1.29 bits per heavy atom. The molecule has 1 amide bonds. The third-order valence-electron chi connectivity index (χ3n) is 3.15. The van der Waals surface area contributed by atoms with Crippen molar-refractivity contribution in [3.05, 3.63) is 58.9 Å². The maximum atomic E-state index is 13.7. The van der Waals surface area contributed by atoms with Crippen LogP contribution in [0.15, 0.2) is 42.5 Å². The number of likely N-dealkylation sites (N-methyl/N-ethyl adjacent to an activating group) is 1. The van der Waals surface area contributed by atoms with Gasteiger partial charge in [0.1, 0.15) is 11.6 Å². The monoisotopic (exact) mass is 307 g/mol. The SMILES string of the molecule is CCN(C(=O)Cc1c(F)cccc1Cl)c1cccc(O)c1. The number of phenolic OH excluding ortho intramolecular Hbond substituents is 1. The summed E-state index contributed by atoms with van der Waals surface area (Å²) in [6.07, 6.45) is -0.130. The lowest BCUT2D eigenvalue weighted by Gasteiger charge is -2.21. The van der Waals surface area contributed by atoms with Gasteiger partial charge in [0.15, 0.2) is 0 Å². The molecule has 110 valence electrons. The van der Waals surface area contributed by atoms with Gasteiger partial charge in [-0.15, -0.1) is 0 Å². The number of hydrogen-bond acceptors (Lipinski definition) is 2. The van der Waals surface area contributed by atoms with Gasteiger partial charge in [-0.3, -0.25) is 4.79 Å². The molecule has 0 atom stereocenters. The average molecular weight is 308 g/mol. The molecule has 0 unspecified atom stereocenters. The first kappa shape index (κ1) is 15.3. The Balaban J connectivity index is 2.25. The summed E-state index contributed by atoms with van der Waals surface area (Å²) in [6, 6.07) is 10.7. The molecule has 0 aliphatic heterocycles. The predicted molar refractivity (Wildman–Crippen MR) is 81.2 cm³/mol. The first-order chi connectivity index (χ1) is 10.0. The van der Waals surface area contributed by atoms with Crippen LogP contribution in [-0.4, -0.2) is 17.6 Å². The van der Waals surface area contributed by atoms with Crippen molar-refractivity contribution in [2.24, 2.45) is 0 Å². The van der Waals surface area contributed by atoms with Gasteiger partial charge in [-0.1, -0.05) is 23.7 Å². The van der Waals surface area contributed by atoms with Gasteiger partial charge >= 0.3 is 0 Å². The fraction of sp³-hybridized carbons (Fsp3) is 0.188. The van der Waals surface area contributed by atoms with E-state index in [9.17, 15) is 14.3 Å². The first-order valence-electron chi connectivity index (χ1n) is 6.55. The maximum absolute atomic E-state index is 13.7. The fourth-order valence-electron chi connectivity index (χ4n) is 2.11. The smallest absolute Gasteiger partial charge is 0.231 e. The zero-order chi connectivity index (χ0) is 15.4. The quantitative estimate of drug-likeness (QED) is 0.934. The molecule has 3 nitrogen and oxygen atoms in total. The van der Waals surface area contributed by atoms with E-state index in [0.717, 1.165) is 0 Å². The summed E-state index contributed by atoms with van der Waals surface area (Å²) >= 11 is 5.94. The molecule has 2 aromatic rings. The minimum absolute atomic E-state index is 0.0719. The number of carbonyl (C=O) groups is 1. The number of rotatable bonds is 4. The first-order valence-corrected chi connectivity index (χ1v) is 6.93. The number of nitrogens with zero attached hydrogens (tertiary/aromatic N) is 1. The Bertz CT molecular complexity index is 640. The van der Waals surface area contributed by atoms with Gasteiger partial charge in [0.25, 0.3) is 0 Å². The van der Waals surface area contributed by atoms with Crippen LogP contribution >= 0.6 is 11.6 Å². The Hall–Kier alpha value is -2.07. The summed E-state index contributed by atoms with van der Waals surface area (Å²) in [5.41, 5.74) is 0.748. The van der Waals surface area contributed by atoms with E-state index in [4.69, 9.17) is 11.6 Å². The molecule has 0 radical (unpaired) electrons. The van der Waals surface area contributed by atoms with Gasteiger partial charge in [-0.2, -0.15) is 0 Å². The third-order valence-corrected chi connectivity index (χ3v) is 3.50. The second-order valence-corrected chi connectivity index (χ2v) is 4.94. The Labute approximate surface area is 127 Å². The number of aromatic hydroxyl groups is 1. The highest BCUT2D eigenvalue weighted by molar-refractivity contribution is 6.31. The Morgan fingerprint density at radius 2 is 2.00 bits per heavy atom. The van der Waals surface area contributed by atoms with E-state index in [1.165, 1.54) is 29.2 Å². The molecule has 21 heavy (non-hydrogen) atoms. The number of carbonyl (C=O) groups excluding carboxylic acids is 1. The molecule has 1 N–H and O–H groups in total. The molecule has 2 aromatic carbocycles. The molecular weight excluding hydrogens is 293 g/mol. The number of phenols is 1. The lowest BCUT2D eigenvalue weighted by Crippen LogP contribution is -2.32. The van der Waals surface area contributed by atoms with Crippen molar-refractivity contribution in [3.63, 3.8) is 0 Å². The summed E-state index contributed by atoms with van der Waals surface area (Å²) in [7, 11) is 0. The number of amides is 1. The molecule has 0 fully saturated rings. The van der Waals surface area contributed by atoms with E-state index >= 15 is 0 Å². The fourth-order valence-corrected chi connectivity index (χ4v) is 2.34. The van der Waals surface area contributed by atoms with Gasteiger partial charge < -0.3 is 10.0 Å². The van der Waals surface area contributed by atoms with Crippen LogP contribution in [0, 0.1) is 5.82 Å². The topological polar surface area (TPSA) is 40.5 Å². The lowest BCUT2D eigenvalue weighted by atomic mass is 10.1. The van der Waals surface area contributed by atoms with Gasteiger partial charge in [0.05, 0.1) is 6.42 Å². The van der Waals surface area contributed by atoms with E-state index in [2.05, 4.69) is 0 Å². The summed E-state index contributed by atoms with van der Waals surface area (Å²) in [6.45, 7) is 2.22. The van der Waals surface area contributed by atoms with Crippen molar-refractivity contribution < 1.29 is 14.3 Å². The van der Waals surface area contributed by atoms with E-state index in [0.29, 0.717) is 12.2 Å². The van der Waals surface area contributed by atoms with E-state index < -0.39 is 5.82 Å². The number of hydrogen-bond donors (Lipinski definition) is 1. The minimum atomic E-state index is -0.497. The molecule has 0 spiro atoms. The van der Waals surface area contributed by atoms with E-state index in [1.54, 1.807) is 18.2 Å². The molecular formula is C16H15ClFNO2. The largest absolute Gasteiger partial charge is 0.508 e. The summed E-state index contributed by atoms with van der Waals surface area (Å²) < 4.78 is 13.7. The zero-order valence-corrected chi connectivity index (χ0v) is 12.3. The van der Waals surface area contributed by atoms with Crippen LogP contribution in [0.3, 0.4) is 0 Å². The molecule has 0 bridgehead atoms. The average Bonchev–Trinajstić information content (AvgIpc) is 2.44. The summed E-state index contributed by atoms with van der Waals surface area (Å²) in [4.78, 5) is 13.9. The van der Waals surface area contributed by atoms with Crippen LogP contribution in [0.5, 0.6) is 5.75 Å². The van der Waals surface area contributed by atoms with Gasteiger partial charge in [-0.05, 0) is 31.2 Å². The lowest BCUT2D eigenvalue weighted by molar-refractivity contribution is -0.118. The van der Waals surface area contributed by atoms with Crippen molar-refractivity contribution in [3.8, 4) is 5.75 Å². The molecule has 0 saturated carbocycles. The molecule has 2 rings (SSSR count). The molecule has 0 aliphatic rings. The molecule has 0 aliphatic carbocycles.